The Kier molecular flexibility index (Phi) is 5.35. The normalized spacial score (nSPS) is 11.0. The summed E-state index contributed by atoms with van der Waals surface area (Å²) in [6, 6.07) is 26.6. The Bertz CT molecular complexity index is 1210. The molecule has 0 saturated heterocycles. The smallest absolute Gasteiger partial charge is 0.00701 e. The van der Waals surface area contributed by atoms with E-state index in [1.165, 1.54) is 66.8 Å². The van der Waals surface area contributed by atoms with Crippen LogP contribution in [0.1, 0.15) is 33.4 Å². The predicted octanol–water partition coefficient (Wildman–Crippen LogP) is 8.54. The highest BCUT2D eigenvalue weighted by molar-refractivity contribution is 5.93. The molecule has 30 heavy (non-hydrogen) atoms. The molecule has 0 heterocycles. The Morgan fingerprint density at radius 1 is 0.433 bits per heavy atom. The molecular formula is C30H30. The van der Waals surface area contributed by atoms with Crippen LogP contribution in [0.25, 0.3) is 33.4 Å². The number of rotatable bonds is 3. The van der Waals surface area contributed by atoms with Crippen molar-refractivity contribution in [2.24, 2.45) is 0 Å². The van der Waals surface area contributed by atoms with Crippen molar-refractivity contribution in [3.63, 3.8) is 0 Å². The topological polar surface area (TPSA) is 0 Å². The fourth-order valence-corrected chi connectivity index (χ4v) is 4.62. The average Bonchev–Trinajstić information content (AvgIpc) is 2.73. The van der Waals surface area contributed by atoms with Crippen LogP contribution in [0.2, 0.25) is 0 Å². The van der Waals surface area contributed by atoms with Crippen molar-refractivity contribution < 1.29 is 0 Å². The van der Waals surface area contributed by atoms with Crippen LogP contribution < -0.4 is 0 Å². The van der Waals surface area contributed by atoms with Gasteiger partial charge >= 0.3 is 0 Å². The zero-order chi connectivity index (χ0) is 21.4. The molecule has 0 nitrogen and oxygen atoms in total. The highest BCUT2D eigenvalue weighted by Crippen LogP contribution is 2.44. The SMILES string of the molecule is Cc1ccc(C)c(-c2c(-c3c(C)cccc3C)cc(-c3ccccc3)c(C)c2C)c1. The molecule has 0 amide bonds. The first kappa shape index (κ1) is 20.2. The van der Waals surface area contributed by atoms with Crippen LogP contribution in [0.4, 0.5) is 0 Å². The van der Waals surface area contributed by atoms with Gasteiger partial charge in [0.05, 0.1) is 0 Å². The molecule has 4 aromatic carbocycles. The maximum atomic E-state index is 2.42. The first-order valence-corrected chi connectivity index (χ1v) is 10.7. The summed E-state index contributed by atoms with van der Waals surface area (Å²) in [5.74, 6) is 0. The van der Waals surface area contributed by atoms with Gasteiger partial charge in [-0.1, -0.05) is 72.3 Å². The molecule has 0 atom stereocenters. The van der Waals surface area contributed by atoms with Crippen molar-refractivity contribution in [3.05, 3.63) is 106 Å². The van der Waals surface area contributed by atoms with Crippen molar-refractivity contribution in [1.29, 1.82) is 0 Å². The zero-order valence-corrected chi connectivity index (χ0v) is 18.9. The molecule has 0 aliphatic heterocycles. The van der Waals surface area contributed by atoms with Gasteiger partial charge in [-0.05, 0) is 109 Å². The van der Waals surface area contributed by atoms with Crippen LogP contribution in [0.3, 0.4) is 0 Å². The Morgan fingerprint density at radius 3 is 1.77 bits per heavy atom. The molecule has 0 aliphatic carbocycles. The third-order valence-electron chi connectivity index (χ3n) is 6.40. The van der Waals surface area contributed by atoms with E-state index < -0.39 is 0 Å². The van der Waals surface area contributed by atoms with E-state index in [4.69, 9.17) is 0 Å². The highest BCUT2D eigenvalue weighted by atomic mass is 14.2. The zero-order valence-electron chi connectivity index (χ0n) is 18.9. The molecule has 4 rings (SSSR count). The Morgan fingerprint density at radius 2 is 1.10 bits per heavy atom. The van der Waals surface area contributed by atoms with Gasteiger partial charge in [-0.15, -0.1) is 0 Å². The molecule has 0 bridgehead atoms. The first-order valence-electron chi connectivity index (χ1n) is 10.7. The summed E-state index contributed by atoms with van der Waals surface area (Å²) in [4.78, 5) is 0. The van der Waals surface area contributed by atoms with Gasteiger partial charge < -0.3 is 0 Å². The van der Waals surface area contributed by atoms with Crippen LogP contribution in [0.5, 0.6) is 0 Å². The van der Waals surface area contributed by atoms with Crippen LogP contribution in [-0.2, 0) is 0 Å². The van der Waals surface area contributed by atoms with Crippen molar-refractivity contribution in [3.8, 4) is 33.4 Å². The maximum absolute atomic E-state index is 2.42. The number of benzene rings is 4. The summed E-state index contributed by atoms with van der Waals surface area (Å²) in [5.41, 5.74) is 16.0. The van der Waals surface area contributed by atoms with Crippen molar-refractivity contribution >= 4 is 0 Å². The van der Waals surface area contributed by atoms with Crippen LogP contribution in [0, 0.1) is 41.5 Å². The van der Waals surface area contributed by atoms with Gasteiger partial charge in [0.2, 0.25) is 0 Å². The minimum absolute atomic E-state index is 1.28. The second-order valence-electron chi connectivity index (χ2n) is 8.55. The van der Waals surface area contributed by atoms with E-state index in [0.29, 0.717) is 0 Å². The second kappa shape index (κ2) is 7.95. The third kappa shape index (κ3) is 3.48. The third-order valence-corrected chi connectivity index (χ3v) is 6.40. The lowest BCUT2D eigenvalue weighted by Gasteiger charge is -2.23. The van der Waals surface area contributed by atoms with Crippen LogP contribution in [-0.4, -0.2) is 0 Å². The van der Waals surface area contributed by atoms with E-state index in [0.717, 1.165) is 0 Å². The van der Waals surface area contributed by atoms with Crippen LogP contribution in [0.15, 0.2) is 72.8 Å². The fraction of sp³-hybridized carbons (Fsp3) is 0.200. The maximum Gasteiger partial charge on any atom is -0.00701 e. The molecular weight excluding hydrogens is 360 g/mol. The fourth-order valence-electron chi connectivity index (χ4n) is 4.62. The van der Waals surface area contributed by atoms with Gasteiger partial charge in [0, 0.05) is 0 Å². The number of aryl methyl sites for hydroxylation is 4. The Balaban J connectivity index is 2.15. The quantitative estimate of drug-likeness (QED) is 0.329. The lowest BCUT2D eigenvalue weighted by molar-refractivity contribution is 1.30. The van der Waals surface area contributed by atoms with Gasteiger partial charge in [-0.25, -0.2) is 0 Å². The summed E-state index contributed by atoms with van der Waals surface area (Å²) in [5, 5.41) is 0. The minimum atomic E-state index is 1.28. The monoisotopic (exact) mass is 390 g/mol. The molecule has 0 aliphatic rings. The molecule has 0 radical (unpaired) electrons. The second-order valence-corrected chi connectivity index (χ2v) is 8.55. The van der Waals surface area contributed by atoms with Gasteiger partial charge in [0.1, 0.15) is 0 Å². The van der Waals surface area contributed by atoms with E-state index in [-0.39, 0.29) is 0 Å². The van der Waals surface area contributed by atoms with E-state index >= 15 is 0 Å². The Labute approximate surface area is 181 Å². The van der Waals surface area contributed by atoms with E-state index in [2.05, 4.69) is 114 Å². The lowest BCUT2D eigenvalue weighted by atomic mass is 9.81. The minimum Gasteiger partial charge on any atom is -0.0622 e. The molecule has 4 aromatic rings. The first-order chi connectivity index (χ1) is 14.4. The van der Waals surface area contributed by atoms with Gasteiger partial charge in [-0.2, -0.15) is 0 Å². The molecule has 150 valence electrons. The van der Waals surface area contributed by atoms with Crippen molar-refractivity contribution in [2.45, 2.75) is 41.5 Å². The average molecular weight is 391 g/mol. The molecule has 0 N–H and O–H groups in total. The van der Waals surface area contributed by atoms with Gasteiger partial charge in [-0.3, -0.25) is 0 Å². The van der Waals surface area contributed by atoms with E-state index in [9.17, 15) is 0 Å². The highest BCUT2D eigenvalue weighted by Gasteiger charge is 2.20. The van der Waals surface area contributed by atoms with Crippen LogP contribution >= 0.6 is 0 Å². The lowest BCUT2D eigenvalue weighted by Crippen LogP contribution is -2.00. The van der Waals surface area contributed by atoms with Gasteiger partial charge in [0.25, 0.3) is 0 Å². The molecule has 0 fully saturated rings. The number of hydrogen-bond donors (Lipinski definition) is 0. The molecule has 0 saturated carbocycles. The predicted molar refractivity (Wildman–Crippen MR) is 131 cm³/mol. The number of hydrogen-bond acceptors (Lipinski definition) is 0. The van der Waals surface area contributed by atoms with Crippen molar-refractivity contribution in [1.82, 2.24) is 0 Å². The molecule has 0 heteroatoms. The molecule has 0 aromatic heterocycles. The summed E-state index contributed by atoms with van der Waals surface area (Å²) in [6.45, 7) is 13.4. The summed E-state index contributed by atoms with van der Waals surface area (Å²) in [7, 11) is 0. The molecule has 0 spiro atoms. The molecule has 0 unspecified atom stereocenters. The van der Waals surface area contributed by atoms with Crippen molar-refractivity contribution in [2.75, 3.05) is 0 Å². The largest absolute Gasteiger partial charge is 0.0622 e. The Hall–Kier alpha value is -3.12. The summed E-state index contributed by atoms with van der Waals surface area (Å²) >= 11 is 0. The standard InChI is InChI=1S/C30H30/c1-19-15-16-20(2)26(17-19)30-24(6)23(5)27(25-13-8-7-9-14-25)18-28(30)29-21(3)11-10-12-22(29)4/h7-18H,1-6H3. The summed E-state index contributed by atoms with van der Waals surface area (Å²) in [6.07, 6.45) is 0. The van der Waals surface area contributed by atoms with Gasteiger partial charge in [0.15, 0.2) is 0 Å². The van der Waals surface area contributed by atoms with E-state index in [1.807, 2.05) is 0 Å². The summed E-state index contributed by atoms with van der Waals surface area (Å²) < 4.78 is 0. The van der Waals surface area contributed by atoms with E-state index in [1.54, 1.807) is 0 Å².